The van der Waals surface area contributed by atoms with E-state index in [1.165, 1.54) is 0 Å². The lowest BCUT2D eigenvalue weighted by molar-refractivity contribution is 0.0121. The fourth-order valence-electron chi connectivity index (χ4n) is 4.02. The maximum Gasteiger partial charge on any atom is 0.474 e. The fraction of sp³-hybridized carbons (Fsp3) is 1.00. The molecule has 41 heavy (non-hydrogen) atoms. The summed E-state index contributed by atoms with van der Waals surface area (Å²) in [4.78, 5) is 0. The summed E-state index contributed by atoms with van der Waals surface area (Å²) in [6.45, 7) is -2.13. The molecule has 0 amide bonds. The first-order valence-corrected chi connectivity index (χ1v) is 18.1. The van der Waals surface area contributed by atoms with Crippen molar-refractivity contribution in [2.75, 3.05) is 52.6 Å². The number of alkyl halides is 4. The minimum absolute atomic E-state index is 0.0290. The van der Waals surface area contributed by atoms with E-state index in [4.69, 9.17) is 19.3 Å². The van der Waals surface area contributed by atoms with Crippen LogP contribution in [0.25, 0.3) is 0 Å². The predicted octanol–water partition coefficient (Wildman–Crippen LogP) is -1.26. The van der Waals surface area contributed by atoms with Crippen LogP contribution in [-0.2, 0) is 54.3 Å². The smallest absolute Gasteiger partial charge is 0.396 e. The molecule has 0 radical (unpaired) electrons. The van der Waals surface area contributed by atoms with Gasteiger partial charge in [0.2, 0.25) is 0 Å². The van der Waals surface area contributed by atoms with Crippen LogP contribution in [0.4, 0.5) is 17.6 Å². The lowest BCUT2D eigenvalue weighted by Crippen LogP contribution is -2.59. The molecule has 1 atom stereocenters. The van der Waals surface area contributed by atoms with Crippen molar-refractivity contribution in [2.24, 2.45) is 0 Å². The average Bonchev–Trinajstić information content (AvgIpc) is 3.72. The van der Waals surface area contributed by atoms with Gasteiger partial charge < -0.3 is 19.3 Å². The Morgan fingerprint density at radius 1 is 0.756 bits per heavy atom. The largest absolute Gasteiger partial charge is 0.474 e. The summed E-state index contributed by atoms with van der Waals surface area (Å²) in [6, 6.07) is 0. The molecule has 3 saturated heterocycles. The van der Waals surface area contributed by atoms with E-state index in [9.17, 15) is 51.2 Å². The molecule has 23 heteroatoms. The van der Waals surface area contributed by atoms with E-state index in [-0.39, 0.29) is 70.8 Å². The Kier molecular flexibility index (Phi) is 10.7. The molecule has 0 bridgehead atoms. The highest BCUT2D eigenvalue weighted by Gasteiger charge is 2.67. The Balaban J connectivity index is 1.69. The van der Waals surface area contributed by atoms with Crippen molar-refractivity contribution in [3.63, 3.8) is 0 Å². The number of aliphatic hydroxyl groups is 1. The van der Waals surface area contributed by atoms with E-state index < -0.39 is 87.7 Å². The number of aliphatic hydroxyl groups excluding tert-OH is 1. The second kappa shape index (κ2) is 12.7. The number of sulfonamides is 4. The summed E-state index contributed by atoms with van der Waals surface area (Å²) in [5, 5.41) is 8.75. The van der Waals surface area contributed by atoms with Crippen molar-refractivity contribution in [1.82, 2.24) is 12.7 Å². The molecule has 15 nitrogen and oxygen atoms in total. The van der Waals surface area contributed by atoms with Gasteiger partial charge in [0.25, 0.3) is 20.0 Å². The van der Waals surface area contributed by atoms with Crippen molar-refractivity contribution >= 4 is 40.1 Å². The normalized spacial score (nSPS) is 23.6. The number of ether oxygens (including phenoxy) is 3. The minimum Gasteiger partial charge on any atom is -0.396 e. The number of hydrogen-bond donors (Lipinski definition) is 2. The quantitative estimate of drug-likeness (QED) is 0.118. The number of halogens is 4. The van der Waals surface area contributed by atoms with Crippen molar-refractivity contribution in [1.29, 1.82) is 0 Å². The highest BCUT2D eigenvalue weighted by Crippen LogP contribution is 2.37. The molecule has 3 heterocycles. The van der Waals surface area contributed by atoms with Crippen LogP contribution < -0.4 is 4.13 Å². The van der Waals surface area contributed by atoms with Gasteiger partial charge >= 0.3 is 29.2 Å². The standard InChI is InChI=1S/C18H31F4N3O12S4/c19-17(20,40(31,32)24-6-2-14(3-7-24)35-11-1-10-26)38(27,28)23-39(29,30)18(21,22)41(33,34)25-8-4-15(5-9-25)36-12-16-13-37-16/h14-16,23,26H,1-13H2. The molecule has 0 spiro atoms. The summed E-state index contributed by atoms with van der Waals surface area (Å²) in [7, 11) is -26.4. The predicted molar refractivity (Wildman–Crippen MR) is 131 cm³/mol. The van der Waals surface area contributed by atoms with Crippen molar-refractivity contribution < 1.29 is 70.5 Å². The number of epoxide rings is 1. The zero-order valence-corrected chi connectivity index (χ0v) is 24.7. The third-order valence-electron chi connectivity index (χ3n) is 6.50. The molecular weight excluding hydrogens is 654 g/mol. The number of nitrogens with zero attached hydrogens (tertiary/aromatic N) is 2. The number of rotatable bonds is 15. The van der Waals surface area contributed by atoms with Crippen LogP contribution in [0.15, 0.2) is 0 Å². The Bertz CT molecular complexity index is 1340. The van der Waals surface area contributed by atoms with Gasteiger partial charge in [-0.3, -0.25) is 0 Å². The van der Waals surface area contributed by atoms with E-state index in [0.717, 1.165) is 0 Å². The van der Waals surface area contributed by atoms with E-state index in [1.807, 2.05) is 0 Å². The zero-order chi connectivity index (χ0) is 30.9. The van der Waals surface area contributed by atoms with E-state index in [2.05, 4.69) is 0 Å². The molecule has 3 rings (SSSR count). The van der Waals surface area contributed by atoms with Crippen LogP contribution in [0.1, 0.15) is 32.1 Å². The SMILES string of the molecule is O=S(=O)(NS(=O)(=O)C(F)(F)S(=O)(=O)N1CCC(OCC2CO2)CC1)C(F)(F)S(=O)(=O)N1CCC(OCCCO)CC1. The topological polar surface area (TPSA) is 206 Å². The Morgan fingerprint density at radius 2 is 1.15 bits per heavy atom. The number of hydrogen-bond acceptors (Lipinski definition) is 12. The van der Waals surface area contributed by atoms with Gasteiger partial charge in [0.05, 0.1) is 25.4 Å². The summed E-state index contributed by atoms with van der Waals surface area (Å²) < 4.78 is 162. The summed E-state index contributed by atoms with van der Waals surface area (Å²) in [6.07, 6.45) is -1.65. The zero-order valence-electron chi connectivity index (χ0n) is 21.4. The monoisotopic (exact) mass is 685 g/mol. The highest BCUT2D eigenvalue weighted by atomic mass is 32.3. The minimum atomic E-state index is -7.00. The molecule has 3 aliphatic heterocycles. The Morgan fingerprint density at radius 3 is 1.51 bits per heavy atom. The van der Waals surface area contributed by atoms with Crippen molar-refractivity contribution in [3.05, 3.63) is 0 Å². The van der Waals surface area contributed by atoms with Gasteiger partial charge in [-0.15, -0.1) is 0 Å². The Hall–Kier alpha value is -0.760. The first-order valence-electron chi connectivity index (χ1n) is 12.3. The van der Waals surface area contributed by atoms with Gasteiger partial charge in [0.1, 0.15) is 6.10 Å². The summed E-state index contributed by atoms with van der Waals surface area (Å²) in [5.74, 6) is 0. The molecule has 0 aromatic rings. The van der Waals surface area contributed by atoms with E-state index in [1.54, 1.807) is 0 Å². The van der Waals surface area contributed by atoms with Crippen LogP contribution >= 0.6 is 0 Å². The molecule has 3 aliphatic rings. The Labute approximate surface area is 235 Å². The third kappa shape index (κ3) is 7.32. The number of piperidine rings is 2. The van der Waals surface area contributed by atoms with Crippen molar-refractivity contribution in [3.8, 4) is 0 Å². The first kappa shape index (κ1) is 34.7. The lowest BCUT2D eigenvalue weighted by atomic mass is 10.1. The first-order chi connectivity index (χ1) is 18.8. The van der Waals surface area contributed by atoms with Gasteiger partial charge in [0, 0.05) is 39.4 Å². The fourth-order valence-corrected chi connectivity index (χ4v) is 11.4. The van der Waals surface area contributed by atoms with Crippen LogP contribution in [-0.4, -0.2) is 127 Å². The molecular formula is C18H31F4N3O12S4. The van der Waals surface area contributed by atoms with Crippen LogP contribution in [0.2, 0.25) is 0 Å². The molecule has 0 saturated carbocycles. The summed E-state index contributed by atoms with van der Waals surface area (Å²) >= 11 is 0. The second-order valence-corrected chi connectivity index (χ2v) is 17.6. The van der Waals surface area contributed by atoms with Crippen molar-refractivity contribution in [2.45, 2.75) is 59.6 Å². The lowest BCUT2D eigenvalue weighted by Gasteiger charge is -2.34. The van der Waals surface area contributed by atoms with E-state index >= 15 is 0 Å². The highest BCUT2D eigenvalue weighted by molar-refractivity contribution is 8.16. The summed E-state index contributed by atoms with van der Waals surface area (Å²) in [5.41, 5.74) is 0. The van der Waals surface area contributed by atoms with Crippen LogP contribution in [0.5, 0.6) is 0 Å². The molecule has 0 aromatic heterocycles. The maximum atomic E-state index is 14.8. The molecule has 3 fully saturated rings. The van der Waals surface area contributed by atoms with Crippen LogP contribution in [0, 0.1) is 0 Å². The second-order valence-electron chi connectivity index (χ2n) is 9.46. The number of nitrogens with one attached hydrogen (secondary N) is 1. The van der Waals surface area contributed by atoms with Gasteiger partial charge in [-0.1, -0.05) is 4.13 Å². The van der Waals surface area contributed by atoms with Gasteiger partial charge in [-0.25, -0.2) is 33.7 Å². The van der Waals surface area contributed by atoms with Crippen LogP contribution in [0.3, 0.4) is 0 Å². The molecule has 242 valence electrons. The van der Waals surface area contributed by atoms with E-state index in [0.29, 0.717) is 6.61 Å². The third-order valence-corrected chi connectivity index (χ3v) is 15.4. The maximum absolute atomic E-state index is 14.8. The van der Waals surface area contributed by atoms with Gasteiger partial charge in [0.15, 0.2) is 0 Å². The van der Waals surface area contributed by atoms with Gasteiger partial charge in [-0.05, 0) is 32.1 Å². The molecule has 2 N–H and O–H groups in total. The molecule has 1 unspecified atom stereocenters. The molecule has 0 aliphatic carbocycles. The average molecular weight is 686 g/mol. The molecule has 0 aromatic carbocycles. The van der Waals surface area contributed by atoms with Gasteiger partial charge in [-0.2, -0.15) is 26.2 Å².